The first-order valence-corrected chi connectivity index (χ1v) is 5.64. The van der Waals surface area contributed by atoms with Gasteiger partial charge in [0.15, 0.2) is 5.82 Å². The van der Waals surface area contributed by atoms with Crippen molar-refractivity contribution in [1.82, 2.24) is 0 Å². The number of nitrogens with zero attached hydrogens (tertiary/aromatic N) is 1. The zero-order chi connectivity index (χ0) is 14.5. The number of carboxylic acid groups (broad SMARTS) is 1. The van der Waals surface area contributed by atoms with E-state index < -0.39 is 17.6 Å². The molecule has 0 aliphatic carbocycles. The molecule has 0 bridgehead atoms. The number of nitrogens with one attached hydrogen (secondary N) is 1. The number of hydrogen-bond donors (Lipinski definition) is 2. The molecule has 0 unspecified atom stereocenters. The lowest BCUT2D eigenvalue weighted by Crippen LogP contribution is -1.97. The quantitative estimate of drug-likeness (QED) is 0.666. The summed E-state index contributed by atoms with van der Waals surface area (Å²) in [5.41, 5.74) is 3.29. The van der Waals surface area contributed by atoms with Crippen molar-refractivity contribution in [2.45, 2.75) is 0 Å². The number of aromatic carboxylic acids is 1. The van der Waals surface area contributed by atoms with Crippen molar-refractivity contribution >= 4 is 17.9 Å². The third-order valence-electron chi connectivity index (χ3n) is 2.49. The molecule has 0 aliphatic heterocycles. The second-order valence-electron chi connectivity index (χ2n) is 3.92. The van der Waals surface area contributed by atoms with Gasteiger partial charge in [0.2, 0.25) is 0 Å². The highest BCUT2D eigenvalue weighted by molar-refractivity contribution is 5.89. The van der Waals surface area contributed by atoms with Crippen molar-refractivity contribution in [3.05, 3.63) is 65.2 Å². The zero-order valence-corrected chi connectivity index (χ0v) is 10.2. The van der Waals surface area contributed by atoms with Crippen molar-refractivity contribution in [3.8, 4) is 0 Å². The molecule has 4 nitrogen and oxygen atoms in total. The van der Waals surface area contributed by atoms with E-state index in [0.717, 1.165) is 12.1 Å². The molecule has 102 valence electrons. The Morgan fingerprint density at radius 1 is 1.15 bits per heavy atom. The Balaban J connectivity index is 2.04. The Hall–Kier alpha value is -2.76. The van der Waals surface area contributed by atoms with E-state index in [2.05, 4.69) is 10.5 Å². The van der Waals surface area contributed by atoms with Gasteiger partial charge in [-0.15, -0.1) is 0 Å². The van der Waals surface area contributed by atoms with E-state index in [1.807, 2.05) is 0 Å². The minimum atomic E-state index is -1.01. The van der Waals surface area contributed by atoms with Crippen LogP contribution in [0.5, 0.6) is 0 Å². The highest BCUT2D eigenvalue weighted by atomic mass is 19.1. The standard InChI is InChI=1S/C14H10F2N2O2/c15-11-5-6-13(12(16)7-11)18-17-8-9-1-3-10(4-2-9)14(19)20/h1-8,18H,(H,19,20). The van der Waals surface area contributed by atoms with E-state index in [0.29, 0.717) is 5.56 Å². The van der Waals surface area contributed by atoms with Gasteiger partial charge in [0.05, 0.1) is 17.5 Å². The SMILES string of the molecule is O=C(O)c1ccc(C=NNc2ccc(F)cc2F)cc1. The van der Waals surface area contributed by atoms with E-state index in [-0.39, 0.29) is 11.3 Å². The number of hydrogen-bond acceptors (Lipinski definition) is 3. The Bertz CT molecular complexity index is 655. The molecule has 2 aromatic rings. The predicted molar refractivity (Wildman–Crippen MR) is 71.0 cm³/mol. The fraction of sp³-hybridized carbons (Fsp3) is 0. The van der Waals surface area contributed by atoms with Crippen molar-refractivity contribution in [2.75, 3.05) is 5.43 Å². The Morgan fingerprint density at radius 3 is 2.45 bits per heavy atom. The first kappa shape index (κ1) is 13.7. The second-order valence-corrected chi connectivity index (χ2v) is 3.92. The molecule has 2 rings (SSSR count). The Labute approximate surface area is 113 Å². The summed E-state index contributed by atoms with van der Waals surface area (Å²) in [5.74, 6) is -2.43. The van der Waals surface area contributed by atoms with E-state index in [1.54, 1.807) is 12.1 Å². The Morgan fingerprint density at radius 2 is 1.85 bits per heavy atom. The molecule has 6 heteroatoms. The van der Waals surface area contributed by atoms with Crippen LogP contribution in [0, 0.1) is 11.6 Å². The molecule has 0 aromatic heterocycles. The van der Waals surface area contributed by atoms with Gasteiger partial charge >= 0.3 is 5.97 Å². The van der Waals surface area contributed by atoms with Crippen LogP contribution in [0.2, 0.25) is 0 Å². The van der Waals surface area contributed by atoms with Gasteiger partial charge in [-0.25, -0.2) is 13.6 Å². The average molecular weight is 276 g/mol. The molecule has 0 amide bonds. The number of hydrazone groups is 1. The molecule has 0 fully saturated rings. The second kappa shape index (κ2) is 5.92. The van der Waals surface area contributed by atoms with E-state index >= 15 is 0 Å². The van der Waals surface area contributed by atoms with Gasteiger partial charge in [-0.05, 0) is 29.8 Å². The van der Waals surface area contributed by atoms with Crippen LogP contribution >= 0.6 is 0 Å². The largest absolute Gasteiger partial charge is 0.478 e. The summed E-state index contributed by atoms with van der Waals surface area (Å²) in [6, 6.07) is 9.09. The highest BCUT2D eigenvalue weighted by Crippen LogP contribution is 2.14. The predicted octanol–water partition coefficient (Wildman–Crippen LogP) is 3.11. The highest BCUT2D eigenvalue weighted by Gasteiger charge is 2.02. The maximum Gasteiger partial charge on any atom is 0.335 e. The van der Waals surface area contributed by atoms with Gasteiger partial charge in [0.25, 0.3) is 0 Å². The summed E-state index contributed by atoms with van der Waals surface area (Å²) in [6.45, 7) is 0. The van der Waals surface area contributed by atoms with Crippen molar-refractivity contribution in [1.29, 1.82) is 0 Å². The number of rotatable bonds is 4. The molecule has 0 heterocycles. The van der Waals surface area contributed by atoms with Crippen LogP contribution in [0.25, 0.3) is 0 Å². The zero-order valence-electron chi connectivity index (χ0n) is 10.2. The van der Waals surface area contributed by atoms with Gasteiger partial charge in [0.1, 0.15) is 5.82 Å². The number of carbonyl (C=O) groups is 1. The molecule has 0 radical (unpaired) electrons. The summed E-state index contributed by atoms with van der Waals surface area (Å²) in [4.78, 5) is 10.7. The number of anilines is 1. The topological polar surface area (TPSA) is 61.7 Å². The van der Waals surface area contributed by atoms with Gasteiger partial charge in [0, 0.05) is 6.07 Å². The van der Waals surface area contributed by atoms with Crippen LogP contribution in [0.1, 0.15) is 15.9 Å². The summed E-state index contributed by atoms with van der Waals surface area (Å²) in [5, 5.41) is 12.5. The fourth-order valence-electron chi connectivity index (χ4n) is 1.47. The monoisotopic (exact) mass is 276 g/mol. The van der Waals surface area contributed by atoms with Crippen molar-refractivity contribution in [3.63, 3.8) is 0 Å². The molecule has 0 saturated heterocycles. The lowest BCUT2D eigenvalue weighted by Gasteiger charge is -2.01. The number of carboxylic acids is 1. The molecule has 2 N–H and O–H groups in total. The molecule has 0 aliphatic rings. The molecule has 2 aromatic carbocycles. The van der Waals surface area contributed by atoms with E-state index in [1.165, 1.54) is 24.4 Å². The first-order valence-electron chi connectivity index (χ1n) is 5.64. The smallest absolute Gasteiger partial charge is 0.335 e. The third kappa shape index (κ3) is 3.38. The normalized spacial score (nSPS) is 10.7. The van der Waals surface area contributed by atoms with Crippen LogP contribution in [0.15, 0.2) is 47.6 Å². The minimum Gasteiger partial charge on any atom is -0.478 e. The van der Waals surface area contributed by atoms with Crippen molar-refractivity contribution < 1.29 is 18.7 Å². The number of benzene rings is 2. The fourth-order valence-corrected chi connectivity index (χ4v) is 1.47. The molecule has 20 heavy (non-hydrogen) atoms. The molecular formula is C14H10F2N2O2. The third-order valence-corrected chi connectivity index (χ3v) is 2.49. The lowest BCUT2D eigenvalue weighted by atomic mass is 10.1. The number of halogens is 2. The molecule has 0 atom stereocenters. The van der Waals surface area contributed by atoms with Crippen LogP contribution in [-0.4, -0.2) is 17.3 Å². The molecule has 0 spiro atoms. The van der Waals surface area contributed by atoms with Crippen LogP contribution in [-0.2, 0) is 0 Å². The lowest BCUT2D eigenvalue weighted by molar-refractivity contribution is 0.0697. The Kier molecular flexibility index (Phi) is 4.05. The van der Waals surface area contributed by atoms with Gasteiger partial charge in [-0.2, -0.15) is 5.10 Å². The summed E-state index contributed by atoms with van der Waals surface area (Å²) in [6.07, 6.45) is 1.40. The van der Waals surface area contributed by atoms with Crippen molar-refractivity contribution in [2.24, 2.45) is 5.10 Å². The summed E-state index contributed by atoms with van der Waals surface area (Å²) < 4.78 is 26.0. The van der Waals surface area contributed by atoms with E-state index in [9.17, 15) is 13.6 Å². The van der Waals surface area contributed by atoms with E-state index in [4.69, 9.17) is 5.11 Å². The van der Waals surface area contributed by atoms with Gasteiger partial charge in [-0.3, -0.25) is 5.43 Å². The van der Waals surface area contributed by atoms with Gasteiger partial charge in [-0.1, -0.05) is 12.1 Å². The van der Waals surface area contributed by atoms with Crippen LogP contribution in [0.3, 0.4) is 0 Å². The van der Waals surface area contributed by atoms with Crippen LogP contribution in [0.4, 0.5) is 14.5 Å². The maximum absolute atomic E-state index is 13.3. The minimum absolute atomic E-state index is 0.0461. The average Bonchev–Trinajstić information content (AvgIpc) is 2.42. The maximum atomic E-state index is 13.3. The molecular weight excluding hydrogens is 266 g/mol. The van der Waals surface area contributed by atoms with Crippen LogP contribution < -0.4 is 5.43 Å². The first-order chi connectivity index (χ1) is 9.56. The molecule has 0 saturated carbocycles. The van der Waals surface area contributed by atoms with Gasteiger partial charge < -0.3 is 5.11 Å². The summed E-state index contributed by atoms with van der Waals surface area (Å²) >= 11 is 0. The summed E-state index contributed by atoms with van der Waals surface area (Å²) in [7, 11) is 0.